The van der Waals surface area contributed by atoms with Crippen molar-refractivity contribution < 1.29 is 14.8 Å². The average Bonchev–Trinajstić information content (AvgIpc) is 3.18. The predicted molar refractivity (Wildman–Crippen MR) is 63.6 cm³/mol. The number of amides is 2. The van der Waals surface area contributed by atoms with E-state index in [1.165, 1.54) is 0 Å². The van der Waals surface area contributed by atoms with Crippen molar-refractivity contribution in [3.05, 3.63) is 0 Å². The molecule has 7 nitrogen and oxygen atoms in total. The van der Waals surface area contributed by atoms with Gasteiger partial charge in [0.15, 0.2) is 5.84 Å². The number of hydrogen-bond donors (Lipinski definition) is 3. The Morgan fingerprint density at radius 1 is 1.22 bits per heavy atom. The SMILES string of the molecule is NC(=O)C1CCN(C(=O)C2(C(N)=NO)CC2)CC1. The maximum atomic E-state index is 12.3. The van der Waals surface area contributed by atoms with E-state index in [9.17, 15) is 9.59 Å². The molecule has 1 aliphatic carbocycles. The highest BCUT2D eigenvalue weighted by Gasteiger charge is 2.56. The largest absolute Gasteiger partial charge is 0.409 e. The number of carbonyl (C=O) groups is 2. The number of nitrogens with zero attached hydrogens (tertiary/aromatic N) is 2. The van der Waals surface area contributed by atoms with Gasteiger partial charge in [0.2, 0.25) is 11.8 Å². The Kier molecular flexibility index (Phi) is 3.14. The predicted octanol–water partition coefficient (Wildman–Crippen LogP) is -0.763. The second-order valence-corrected chi connectivity index (χ2v) is 5.04. The van der Waals surface area contributed by atoms with Crippen LogP contribution in [-0.2, 0) is 9.59 Å². The van der Waals surface area contributed by atoms with E-state index in [2.05, 4.69) is 5.16 Å². The van der Waals surface area contributed by atoms with E-state index in [1.807, 2.05) is 0 Å². The molecule has 1 saturated carbocycles. The summed E-state index contributed by atoms with van der Waals surface area (Å²) >= 11 is 0. The highest BCUT2D eigenvalue weighted by molar-refractivity contribution is 6.09. The molecule has 0 atom stereocenters. The van der Waals surface area contributed by atoms with Crippen LogP contribution in [0.3, 0.4) is 0 Å². The Morgan fingerprint density at radius 3 is 2.17 bits per heavy atom. The van der Waals surface area contributed by atoms with Gasteiger partial charge in [0.1, 0.15) is 5.41 Å². The highest BCUT2D eigenvalue weighted by atomic mass is 16.4. The van der Waals surface area contributed by atoms with Gasteiger partial charge in [-0.3, -0.25) is 9.59 Å². The third-order valence-corrected chi connectivity index (χ3v) is 3.94. The first kappa shape index (κ1) is 12.7. The first-order valence-corrected chi connectivity index (χ1v) is 6.08. The van der Waals surface area contributed by atoms with Gasteiger partial charge in [0, 0.05) is 19.0 Å². The van der Waals surface area contributed by atoms with Crippen LogP contribution < -0.4 is 11.5 Å². The van der Waals surface area contributed by atoms with Gasteiger partial charge in [0.25, 0.3) is 0 Å². The van der Waals surface area contributed by atoms with Gasteiger partial charge in [-0.1, -0.05) is 5.16 Å². The minimum absolute atomic E-state index is 0.00970. The summed E-state index contributed by atoms with van der Waals surface area (Å²) in [6.45, 7) is 1.01. The molecule has 2 fully saturated rings. The molecule has 2 amide bonds. The number of amidine groups is 1. The van der Waals surface area contributed by atoms with Crippen molar-refractivity contribution >= 4 is 17.6 Å². The van der Waals surface area contributed by atoms with Gasteiger partial charge in [0.05, 0.1) is 0 Å². The first-order chi connectivity index (χ1) is 8.51. The summed E-state index contributed by atoms with van der Waals surface area (Å²) in [5.41, 5.74) is 10.0. The van der Waals surface area contributed by atoms with E-state index < -0.39 is 5.41 Å². The molecule has 0 aromatic heterocycles. The lowest BCUT2D eigenvalue weighted by Crippen LogP contribution is -2.48. The number of primary amides is 1. The zero-order chi connectivity index (χ0) is 13.3. The van der Waals surface area contributed by atoms with Crippen molar-refractivity contribution in [3.63, 3.8) is 0 Å². The zero-order valence-electron chi connectivity index (χ0n) is 10.1. The summed E-state index contributed by atoms with van der Waals surface area (Å²) in [4.78, 5) is 25.0. The average molecular weight is 254 g/mol. The minimum atomic E-state index is -0.797. The molecule has 0 aromatic rings. The second kappa shape index (κ2) is 4.47. The number of rotatable bonds is 3. The maximum absolute atomic E-state index is 12.3. The van der Waals surface area contributed by atoms with Crippen LogP contribution in [0.5, 0.6) is 0 Å². The molecule has 0 unspecified atom stereocenters. The van der Waals surface area contributed by atoms with Crippen molar-refractivity contribution in [2.75, 3.05) is 13.1 Å². The van der Waals surface area contributed by atoms with Crippen LogP contribution >= 0.6 is 0 Å². The van der Waals surface area contributed by atoms with E-state index in [0.717, 1.165) is 0 Å². The quantitative estimate of drug-likeness (QED) is 0.265. The maximum Gasteiger partial charge on any atom is 0.236 e. The smallest absolute Gasteiger partial charge is 0.236 e. The molecule has 1 heterocycles. The van der Waals surface area contributed by atoms with Crippen LogP contribution in [0.4, 0.5) is 0 Å². The summed E-state index contributed by atoms with van der Waals surface area (Å²) in [7, 11) is 0. The van der Waals surface area contributed by atoms with Crippen molar-refractivity contribution in [1.82, 2.24) is 4.90 Å². The fraction of sp³-hybridized carbons (Fsp3) is 0.727. The lowest BCUT2D eigenvalue weighted by Gasteiger charge is -2.33. The summed E-state index contributed by atoms with van der Waals surface area (Å²) in [5.74, 6) is -0.557. The van der Waals surface area contributed by atoms with Gasteiger partial charge >= 0.3 is 0 Å². The van der Waals surface area contributed by atoms with Crippen LogP contribution in [0.2, 0.25) is 0 Å². The molecule has 0 spiro atoms. The molecule has 2 aliphatic rings. The fourth-order valence-electron chi connectivity index (χ4n) is 2.47. The molecule has 5 N–H and O–H groups in total. The Morgan fingerprint density at radius 2 is 1.78 bits per heavy atom. The van der Waals surface area contributed by atoms with Gasteiger partial charge in [-0.2, -0.15) is 0 Å². The minimum Gasteiger partial charge on any atom is -0.409 e. The molecule has 0 radical (unpaired) electrons. The van der Waals surface area contributed by atoms with Gasteiger partial charge in [-0.15, -0.1) is 0 Å². The molecule has 2 rings (SSSR count). The third-order valence-electron chi connectivity index (χ3n) is 3.94. The lowest BCUT2D eigenvalue weighted by atomic mass is 9.94. The molecule has 7 heteroatoms. The number of piperidine rings is 1. The highest BCUT2D eigenvalue weighted by Crippen LogP contribution is 2.47. The molecule has 0 aromatic carbocycles. The van der Waals surface area contributed by atoms with Crippen LogP contribution in [0.25, 0.3) is 0 Å². The Bertz CT molecular complexity index is 395. The van der Waals surface area contributed by atoms with Crippen LogP contribution in [0.15, 0.2) is 5.16 Å². The van der Waals surface area contributed by atoms with Crippen LogP contribution in [0, 0.1) is 11.3 Å². The van der Waals surface area contributed by atoms with E-state index in [1.54, 1.807) is 4.90 Å². The number of likely N-dealkylation sites (tertiary alicyclic amines) is 1. The summed E-state index contributed by atoms with van der Waals surface area (Å²) < 4.78 is 0. The molecular formula is C11H18N4O3. The van der Waals surface area contributed by atoms with Crippen molar-refractivity contribution in [1.29, 1.82) is 0 Å². The zero-order valence-corrected chi connectivity index (χ0v) is 10.1. The summed E-state index contributed by atoms with van der Waals surface area (Å²) in [6.07, 6.45) is 2.43. The number of oxime groups is 1. The Labute approximate surface area is 105 Å². The van der Waals surface area contributed by atoms with E-state index in [0.29, 0.717) is 38.8 Å². The lowest BCUT2D eigenvalue weighted by molar-refractivity contribution is -0.137. The third kappa shape index (κ3) is 2.00. The van der Waals surface area contributed by atoms with E-state index in [-0.39, 0.29) is 23.6 Å². The number of carbonyl (C=O) groups excluding carboxylic acids is 2. The first-order valence-electron chi connectivity index (χ1n) is 6.08. The van der Waals surface area contributed by atoms with Crippen LogP contribution in [0.1, 0.15) is 25.7 Å². The molecule has 0 bridgehead atoms. The summed E-state index contributed by atoms with van der Waals surface area (Å²) in [5, 5.41) is 11.7. The second-order valence-electron chi connectivity index (χ2n) is 5.04. The van der Waals surface area contributed by atoms with Gasteiger partial charge < -0.3 is 21.6 Å². The van der Waals surface area contributed by atoms with Crippen molar-refractivity contribution in [2.24, 2.45) is 28.0 Å². The Balaban J connectivity index is 1.98. The van der Waals surface area contributed by atoms with Gasteiger partial charge in [-0.05, 0) is 25.7 Å². The summed E-state index contributed by atoms with van der Waals surface area (Å²) in [6, 6.07) is 0. The fourth-order valence-corrected chi connectivity index (χ4v) is 2.47. The van der Waals surface area contributed by atoms with E-state index in [4.69, 9.17) is 16.7 Å². The molecule has 1 saturated heterocycles. The topological polar surface area (TPSA) is 122 Å². The normalized spacial score (nSPS) is 23.8. The monoisotopic (exact) mass is 254 g/mol. The van der Waals surface area contributed by atoms with E-state index >= 15 is 0 Å². The molecular weight excluding hydrogens is 236 g/mol. The standard InChI is InChI=1S/C11H18N4O3/c12-8(16)7-1-5-15(6-2-7)10(17)11(3-4-11)9(13)14-18/h7,18H,1-6H2,(H2,12,16)(H2,13,14). The van der Waals surface area contributed by atoms with Crippen LogP contribution in [-0.4, -0.2) is 40.8 Å². The van der Waals surface area contributed by atoms with Gasteiger partial charge in [-0.25, -0.2) is 0 Å². The Hall–Kier alpha value is -1.79. The number of nitrogens with two attached hydrogens (primary N) is 2. The molecule has 100 valence electrons. The molecule has 18 heavy (non-hydrogen) atoms. The number of hydrogen-bond acceptors (Lipinski definition) is 4. The van der Waals surface area contributed by atoms with Crippen molar-refractivity contribution in [3.8, 4) is 0 Å². The van der Waals surface area contributed by atoms with Crippen molar-refractivity contribution in [2.45, 2.75) is 25.7 Å². The molecule has 1 aliphatic heterocycles.